The molecule has 0 aliphatic carbocycles. The summed E-state index contributed by atoms with van der Waals surface area (Å²) >= 11 is 1.38. The van der Waals surface area contributed by atoms with E-state index in [1.807, 2.05) is 26.0 Å². The number of benzene rings is 2. The van der Waals surface area contributed by atoms with Gasteiger partial charge in [0.25, 0.3) is 5.69 Å². The zero-order chi connectivity index (χ0) is 19.6. The van der Waals surface area contributed by atoms with Gasteiger partial charge in [-0.25, -0.2) is 4.98 Å². The third-order valence-electron chi connectivity index (χ3n) is 4.15. The molecule has 1 aromatic heterocycles. The summed E-state index contributed by atoms with van der Waals surface area (Å²) in [7, 11) is 0. The topological polar surface area (TPSA) is 85.1 Å². The molecular weight excluding hydrogens is 362 g/mol. The Hall–Kier alpha value is -2.93. The number of nitro groups is 1. The second-order valence-electron chi connectivity index (χ2n) is 6.40. The van der Waals surface area contributed by atoms with Crippen LogP contribution in [-0.2, 0) is 4.79 Å². The molecular formula is C20H19N3O3S. The fraction of sp³-hybridized carbons (Fsp3) is 0.200. The van der Waals surface area contributed by atoms with E-state index in [2.05, 4.69) is 22.4 Å². The zero-order valence-corrected chi connectivity index (χ0v) is 16.1. The van der Waals surface area contributed by atoms with Crippen LogP contribution in [0.25, 0.3) is 10.9 Å². The maximum absolute atomic E-state index is 12.3. The van der Waals surface area contributed by atoms with E-state index in [0.717, 1.165) is 27.1 Å². The van der Waals surface area contributed by atoms with Gasteiger partial charge in [0, 0.05) is 23.2 Å². The lowest BCUT2D eigenvalue weighted by molar-refractivity contribution is -0.384. The van der Waals surface area contributed by atoms with E-state index < -0.39 is 4.92 Å². The van der Waals surface area contributed by atoms with Crippen molar-refractivity contribution >= 4 is 39.9 Å². The van der Waals surface area contributed by atoms with Gasteiger partial charge in [0.2, 0.25) is 5.91 Å². The molecule has 1 N–H and O–H groups in total. The molecule has 3 rings (SSSR count). The van der Waals surface area contributed by atoms with E-state index in [9.17, 15) is 14.9 Å². The minimum Gasteiger partial charge on any atom is -0.325 e. The van der Waals surface area contributed by atoms with E-state index in [4.69, 9.17) is 0 Å². The normalized spacial score (nSPS) is 10.8. The molecule has 0 fully saturated rings. The molecule has 2 aromatic carbocycles. The maximum Gasteiger partial charge on any atom is 0.269 e. The number of hydrogen-bond donors (Lipinski definition) is 1. The Morgan fingerprint density at radius 3 is 2.59 bits per heavy atom. The maximum atomic E-state index is 12.3. The number of non-ortho nitro benzene ring substituents is 1. The summed E-state index contributed by atoms with van der Waals surface area (Å²) in [5, 5.41) is 15.5. The van der Waals surface area contributed by atoms with Gasteiger partial charge in [0.05, 0.1) is 16.2 Å². The number of thioether (sulfide) groups is 1. The van der Waals surface area contributed by atoms with Gasteiger partial charge < -0.3 is 5.32 Å². The van der Waals surface area contributed by atoms with Crippen molar-refractivity contribution in [3.05, 3.63) is 69.3 Å². The summed E-state index contributed by atoms with van der Waals surface area (Å²) < 4.78 is 0. The number of fused-ring (bicyclic) bond motifs is 1. The number of carbonyl (C=O) groups is 1. The van der Waals surface area contributed by atoms with Gasteiger partial charge in [-0.1, -0.05) is 23.9 Å². The molecule has 0 aliphatic rings. The highest BCUT2D eigenvalue weighted by atomic mass is 32.2. The number of aryl methyl sites for hydroxylation is 3. The monoisotopic (exact) mass is 381 g/mol. The Morgan fingerprint density at radius 2 is 1.89 bits per heavy atom. The molecule has 6 nitrogen and oxygen atoms in total. The number of pyridine rings is 1. The molecule has 0 atom stereocenters. The fourth-order valence-corrected chi connectivity index (χ4v) is 3.52. The highest BCUT2D eigenvalue weighted by molar-refractivity contribution is 8.00. The van der Waals surface area contributed by atoms with E-state index in [1.165, 1.54) is 23.9 Å². The van der Waals surface area contributed by atoms with Crippen LogP contribution in [0.5, 0.6) is 0 Å². The molecule has 0 saturated heterocycles. The number of amides is 1. The molecule has 1 amide bonds. The lowest BCUT2D eigenvalue weighted by atomic mass is 10.1. The van der Waals surface area contributed by atoms with Crippen molar-refractivity contribution in [2.24, 2.45) is 0 Å². The van der Waals surface area contributed by atoms with E-state index in [1.54, 1.807) is 13.0 Å². The number of nitrogens with one attached hydrogen (secondary N) is 1. The summed E-state index contributed by atoms with van der Waals surface area (Å²) in [6.45, 7) is 5.73. The van der Waals surface area contributed by atoms with Crippen LogP contribution < -0.4 is 5.32 Å². The first-order valence-corrected chi connectivity index (χ1v) is 9.38. The third-order valence-corrected chi connectivity index (χ3v) is 5.25. The number of nitrogens with zero attached hydrogens (tertiary/aromatic N) is 2. The smallest absolute Gasteiger partial charge is 0.269 e. The van der Waals surface area contributed by atoms with Crippen molar-refractivity contribution in [3.8, 4) is 0 Å². The molecule has 3 aromatic rings. The number of nitro benzene ring substituents is 1. The van der Waals surface area contributed by atoms with Gasteiger partial charge in [0.15, 0.2) is 0 Å². The van der Waals surface area contributed by atoms with Gasteiger partial charge in [-0.2, -0.15) is 0 Å². The van der Waals surface area contributed by atoms with Crippen LogP contribution in [0.2, 0.25) is 0 Å². The third kappa shape index (κ3) is 4.43. The summed E-state index contributed by atoms with van der Waals surface area (Å²) in [4.78, 5) is 27.3. The SMILES string of the molecule is Cc1ccc2cc(C)c(SCC(=O)Nc3ccc([N+](=O)[O-])cc3C)nc2c1. The Bertz CT molecular complexity index is 1050. The van der Waals surface area contributed by atoms with Crippen molar-refractivity contribution in [2.45, 2.75) is 25.8 Å². The largest absolute Gasteiger partial charge is 0.325 e. The molecule has 0 spiro atoms. The molecule has 0 radical (unpaired) electrons. The van der Waals surface area contributed by atoms with Gasteiger partial charge in [-0.15, -0.1) is 0 Å². The first kappa shape index (κ1) is 18.8. The van der Waals surface area contributed by atoms with Gasteiger partial charge in [-0.05, 0) is 55.7 Å². The van der Waals surface area contributed by atoms with Crippen molar-refractivity contribution in [3.63, 3.8) is 0 Å². The zero-order valence-electron chi connectivity index (χ0n) is 15.3. The van der Waals surface area contributed by atoms with E-state index >= 15 is 0 Å². The number of rotatable bonds is 5. The summed E-state index contributed by atoms with van der Waals surface area (Å²) in [6, 6.07) is 12.6. The van der Waals surface area contributed by atoms with Crippen LogP contribution >= 0.6 is 11.8 Å². The molecule has 0 bridgehead atoms. The molecule has 0 saturated carbocycles. The number of anilines is 1. The number of carbonyl (C=O) groups excluding carboxylic acids is 1. The lowest BCUT2D eigenvalue weighted by Crippen LogP contribution is -2.15. The Balaban J connectivity index is 1.70. The van der Waals surface area contributed by atoms with Gasteiger partial charge in [-0.3, -0.25) is 14.9 Å². The minimum atomic E-state index is -0.454. The van der Waals surface area contributed by atoms with Crippen molar-refractivity contribution in [1.29, 1.82) is 0 Å². The average molecular weight is 381 g/mol. The quantitative estimate of drug-likeness (QED) is 0.390. The predicted molar refractivity (Wildman–Crippen MR) is 108 cm³/mol. The number of aromatic nitrogens is 1. The molecule has 0 aliphatic heterocycles. The highest BCUT2D eigenvalue weighted by Gasteiger charge is 2.12. The van der Waals surface area contributed by atoms with Crippen LogP contribution in [0, 0.1) is 30.9 Å². The Kier molecular flexibility index (Phi) is 5.41. The van der Waals surface area contributed by atoms with Crippen LogP contribution in [0.4, 0.5) is 11.4 Å². The molecule has 0 unspecified atom stereocenters. The fourth-order valence-electron chi connectivity index (χ4n) is 2.73. The summed E-state index contributed by atoms with van der Waals surface area (Å²) in [5.74, 6) is 0.0317. The standard InChI is InChI=1S/C20H19N3O3S/c1-12-4-5-15-9-14(3)20(22-18(15)8-12)27-11-19(24)21-17-7-6-16(23(25)26)10-13(17)2/h4-10H,11H2,1-3H3,(H,21,24). The van der Waals surface area contributed by atoms with Crippen LogP contribution in [0.1, 0.15) is 16.7 Å². The van der Waals surface area contributed by atoms with Gasteiger partial charge >= 0.3 is 0 Å². The van der Waals surface area contributed by atoms with E-state index in [-0.39, 0.29) is 17.3 Å². The van der Waals surface area contributed by atoms with Crippen molar-refractivity contribution < 1.29 is 9.72 Å². The van der Waals surface area contributed by atoms with Gasteiger partial charge in [0.1, 0.15) is 5.03 Å². The second kappa shape index (κ2) is 7.75. The van der Waals surface area contributed by atoms with Crippen LogP contribution in [-0.4, -0.2) is 21.6 Å². The first-order valence-electron chi connectivity index (χ1n) is 8.39. The lowest BCUT2D eigenvalue weighted by Gasteiger charge is -2.10. The van der Waals surface area contributed by atoms with E-state index in [0.29, 0.717) is 11.3 Å². The average Bonchev–Trinajstić information content (AvgIpc) is 2.61. The summed E-state index contributed by atoms with van der Waals surface area (Å²) in [5.41, 5.74) is 4.31. The summed E-state index contributed by atoms with van der Waals surface area (Å²) in [6.07, 6.45) is 0. The van der Waals surface area contributed by atoms with Crippen molar-refractivity contribution in [2.75, 3.05) is 11.1 Å². The molecule has 1 heterocycles. The van der Waals surface area contributed by atoms with Crippen molar-refractivity contribution in [1.82, 2.24) is 4.98 Å². The molecule has 27 heavy (non-hydrogen) atoms. The van der Waals surface area contributed by atoms with Crippen LogP contribution in [0.15, 0.2) is 47.5 Å². The molecule has 138 valence electrons. The second-order valence-corrected chi connectivity index (χ2v) is 7.36. The Morgan fingerprint density at radius 1 is 1.11 bits per heavy atom. The number of hydrogen-bond acceptors (Lipinski definition) is 5. The minimum absolute atomic E-state index is 0.00570. The Labute approximate surface area is 161 Å². The highest BCUT2D eigenvalue weighted by Crippen LogP contribution is 2.26. The predicted octanol–water partition coefficient (Wildman–Crippen LogP) is 4.80. The first-order chi connectivity index (χ1) is 12.8. The van der Waals surface area contributed by atoms with Crippen LogP contribution in [0.3, 0.4) is 0 Å². The molecule has 7 heteroatoms.